The molecule has 1 aliphatic heterocycles. The van der Waals surface area contributed by atoms with Crippen LogP contribution >= 0.6 is 23.2 Å². The van der Waals surface area contributed by atoms with Crippen molar-refractivity contribution in [1.82, 2.24) is 19.8 Å². The van der Waals surface area contributed by atoms with Crippen molar-refractivity contribution >= 4 is 28.9 Å². The Morgan fingerprint density at radius 3 is 2.48 bits per heavy atom. The number of aliphatic hydroxyl groups excluding tert-OH is 2. The molecule has 6 N–H and O–H groups in total. The van der Waals surface area contributed by atoms with Gasteiger partial charge in [-0.1, -0.05) is 23.2 Å². The highest BCUT2D eigenvalue weighted by Crippen LogP contribution is 2.38. The first-order valence-corrected chi connectivity index (χ1v) is 12.4. The number of hydrogen-bond donors (Lipinski definition) is 4. The standard InChI is InChI=1S/C24H23Cl2F5N6O3/c1-10-34-23(37(35-10)17-6-12(25)2-3-13(17)24(29,30)31)19-7-18(22(39)20(9-38)40-19)36(33)8-16(32)11-4-14(27)21(26)15(28)5-11/h2-6,8,18-20,22,38-39H,7,9,32-33H2,1H3/b16-8-. The molecule has 2 heterocycles. The van der Waals surface area contributed by atoms with Gasteiger partial charge < -0.3 is 25.7 Å². The number of aromatic nitrogens is 3. The van der Waals surface area contributed by atoms with Crippen molar-refractivity contribution in [2.24, 2.45) is 11.6 Å². The second-order valence-electron chi connectivity index (χ2n) is 9.01. The number of nitrogens with zero attached hydrogens (tertiary/aromatic N) is 4. The van der Waals surface area contributed by atoms with E-state index in [1.165, 1.54) is 6.92 Å². The molecule has 0 saturated carbocycles. The summed E-state index contributed by atoms with van der Waals surface area (Å²) in [5, 5.41) is 25.0. The third kappa shape index (κ3) is 6.01. The van der Waals surface area contributed by atoms with Gasteiger partial charge in [0.2, 0.25) is 0 Å². The third-order valence-corrected chi connectivity index (χ3v) is 6.85. The maximum Gasteiger partial charge on any atom is 0.418 e. The van der Waals surface area contributed by atoms with Crippen LogP contribution < -0.4 is 11.6 Å². The van der Waals surface area contributed by atoms with Gasteiger partial charge in [0.05, 0.1) is 29.6 Å². The smallest absolute Gasteiger partial charge is 0.397 e. The summed E-state index contributed by atoms with van der Waals surface area (Å²) in [6.45, 7) is 0.770. The Balaban J connectivity index is 1.72. The third-order valence-electron chi connectivity index (χ3n) is 6.26. The Morgan fingerprint density at radius 1 is 1.23 bits per heavy atom. The summed E-state index contributed by atoms with van der Waals surface area (Å²) in [4.78, 5) is 4.25. The largest absolute Gasteiger partial charge is 0.418 e. The van der Waals surface area contributed by atoms with Crippen LogP contribution in [-0.2, 0) is 10.9 Å². The van der Waals surface area contributed by atoms with Gasteiger partial charge in [0.15, 0.2) is 5.82 Å². The SMILES string of the molecule is Cc1nc(C2CC(N(N)/C=C(\N)c3cc(F)c(Cl)c(F)c3)C(O)C(CO)O2)n(-c2cc(Cl)ccc2C(F)(F)F)n1. The van der Waals surface area contributed by atoms with Crippen LogP contribution in [0.25, 0.3) is 11.4 Å². The molecule has 216 valence electrons. The van der Waals surface area contributed by atoms with E-state index in [1.54, 1.807) is 0 Å². The normalized spacial score (nSPS) is 22.0. The zero-order valence-corrected chi connectivity index (χ0v) is 22.1. The molecule has 1 fully saturated rings. The lowest BCUT2D eigenvalue weighted by Crippen LogP contribution is -2.56. The lowest BCUT2D eigenvalue weighted by atomic mass is 9.94. The summed E-state index contributed by atoms with van der Waals surface area (Å²) in [6, 6.07) is 3.69. The summed E-state index contributed by atoms with van der Waals surface area (Å²) in [5.41, 5.74) is 4.24. The monoisotopic (exact) mass is 608 g/mol. The van der Waals surface area contributed by atoms with E-state index in [-0.39, 0.29) is 34.4 Å². The highest BCUT2D eigenvalue weighted by atomic mass is 35.5. The molecular formula is C24H23Cl2F5N6O3. The fraction of sp³-hybridized carbons (Fsp3) is 0.333. The predicted octanol–water partition coefficient (Wildman–Crippen LogP) is 3.86. The number of rotatable bonds is 6. The second-order valence-corrected chi connectivity index (χ2v) is 9.83. The van der Waals surface area contributed by atoms with E-state index in [0.717, 1.165) is 46.2 Å². The topological polar surface area (TPSA) is 136 Å². The average Bonchev–Trinajstić information content (AvgIpc) is 3.27. The molecule has 0 bridgehead atoms. The number of nitrogens with two attached hydrogens (primary N) is 2. The second kappa shape index (κ2) is 11.5. The number of ether oxygens (including phenoxy) is 1. The van der Waals surface area contributed by atoms with E-state index < -0.39 is 65.0 Å². The van der Waals surface area contributed by atoms with E-state index >= 15 is 0 Å². The van der Waals surface area contributed by atoms with Gasteiger partial charge in [-0.3, -0.25) is 0 Å². The van der Waals surface area contributed by atoms with E-state index in [4.69, 9.17) is 39.5 Å². The molecule has 1 aromatic heterocycles. The highest BCUT2D eigenvalue weighted by Gasteiger charge is 2.43. The molecule has 2 aromatic carbocycles. The number of hydrazine groups is 1. The predicted molar refractivity (Wildman–Crippen MR) is 135 cm³/mol. The zero-order chi connectivity index (χ0) is 29.5. The van der Waals surface area contributed by atoms with E-state index in [0.29, 0.717) is 0 Å². The van der Waals surface area contributed by atoms with Gasteiger partial charge in [-0.2, -0.15) is 18.3 Å². The zero-order valence-electron chi connectivity index (χ0n) is 20.6. The fourth-order valence-corrected chi connectivity index (χ4v) is 4.63. The molecule has 4 atom stereocenters. The quantitative estimate of drug-likeness (QED) is 0.143. The summed E-state index contributed by atoms with van der Waals surface area (Å²) >= 11 is 11.5. The molecule has 0 amide bonds. The van der Waals surface area contributed by atoms with Crippen LogP contribution in [0, 0.1) is 18.6 Å². The fourth-order valence-electron chi connectivity index (χ4n) is 4.36. The van der Waals surface area contributed by atoms with Crippen LogP contribution in [0.1, 0.15) is 35.3 Å². The Morgan fingerprint density at radius 2 is 1.88 bits per heavy atom. The summed E-state index contributed by atoms with van der Waals surface area (Å²) in [6.07, 6.45) is -7.61. The molecule has 1 aliphatic rings. The van der Waals surface area contributed by atoms with Crippen molar-refractivity contribution < 1.29 is 36.9 Å². The molecular weight excluding hydrogens is 586 g/mol. The van der Waals surface area contributed by atoms with E-state index in [1.807, 2.05) is 0 Å². The average molecular weight is 609 g/mol. The van der Waals surface area contributed by atoms with Crippen LogP contribution in [0.3, 0.4) is 0 Å². The number of benzene rings is 2. The van der Waals surface area contributed by atoms with Gasteiger partial charge in [0.1, 0.15) is 40.8 Å². The Kier molecular flexibility index (Phi) is 8.59. The van der Waals surface area contributed by atoms with Gasteiger partial charge in [-0.15, -0.1) is 0 Å². The Labute approximate surface area is 234 Å². The van der Waals surface area contributed by atoms with Gasteiger partial charge in [-0.05, 0) is 37.3 Å². The summed E-state index contributed by atoms with van der Waals surface area (Å²) < 4.78 is 76.0. The van der Waals surface area contributed by atoms with Crippen LogP contribution in [0.15, 0.2) is 36.5 Å². The maximum atomic E-state index is 13.9. The van der Waals surface area contributed by atoms with Crippen LogP contribution in [0.5, 0.6) is 0 Å². The van der Waals surface area contributed by atoms with Crippen LogP contribution in [0.2, 0.25) is 10.0 Å². The first kappa shape index (κ1) is 30.0. The summed E-state index contributed by atoms with van der Waals surface area (Å²) in [5.74, 6) is 4.07. The lowest BCUT2D eigenvalue weighted by Gasteiger charge is -2.41. The number of hydrogen-bond acceptors (Lipinski definition) is 8. The number of aryl methyl sites for hydroxylation is 1. The molecule has 3 aromatic rings. The number of alkyl halides is 3. The molecule has 1 saturated heterocycles. The molecule has 16 heteroatoms. The van der Waals surface area contributed by atoms with Crippen molar-refractivity contribution in [2.45, 2.75) is 43.9 Å². The van der Waals surface area contributed by atoms with Crippen molar-refractivity contribution in [3.05, 3.63) is 81.0 Å². The van der Waals surface area contributed by atoms with Gasteiger partial charge in [0, 0.05) is 23.2 Å². The maximum absolute atomic E-state index is 13.9. The van der Waals surface area contributed by atoms with Crippen LogP contribution in [-0.4, -0.2) is 54.8 Å². The minimum atomic E-state index is -4.76. The Bertz CT molecular complexity index is 1410. The minimum Gasteiger partial charge on any atom is -0.397 e. The molecule has 0 radical (unpaired) electrons. The van der Waals surface area contributed by atoms with Crippen molar-refractivity contribution in [2.75, 3.05) is 6.61 Å². The molecule has 4 unspecified atom stereocenters. The van der Waals surface area contributed by atoms with E-state index in [2.05, 4.69) is 10.1 Å². The molecule has 40 heavy (non-hydrogen) atoms. The number of halogens is 7. The highest BCUT2D eigenvalue weighted by molar-refractivity contribution is 6.31. The van der Waals surface area contributed by atoms with Crippen LogP contribution in [0.4, 0.5) is 22.0 Å². The van der Waals surface area contributed by atoms with E-state index in [9.17, 15) is 32.2 Å². The van der Waals surface area contributed by atoms with Crippen molar-refractivity contribution in [3.63, 3.8) is 0 Å². The van der Waals surface area contributed by atoms with Gasteiger partial charge in [-0.25, -0.2) is 24.3 Å². The minimum absolute atomic E-state index is 0.0111. The number of aliphatic hydroxyl groups is 2. The first-order chi connectivity index (χ1) is 18.7. The van der Waals surface area contributed by atoms with Crippen molar-refractivity contribution in [3.8, 4) is 5.69 Å². The molecule has 4 rings (SSSR count). The summed E-state index contributed by atoms with van der Waals surface area (Å²) in [7, 11) is 0. The molecule has 0 spiro atoms. The Hall–Kier alpha value is -3.01. The molecule has 0 aliphatic carbocycles. The lowest BCUT2D eigenvalue weighted by molar-refractivity contribution is -0.165. The van der Waals surface area contributed by atoms with Gasteiger partial charge >= 0.3 is 6.18 Å². The van der Waals surface area contributed by atoms with Crippen molar-refractivity contribution in [1.29, 1.82) is 0 Å². The van der Waals surface area contributed by atoms with Gasteiger partial charge in [0.25, 0.3) is 0 Å². The molecule has 9 nitrogen and oxygen atoms in total. The first-order valence-electron chi connectivity index (χ1n) is 11.6.